The van der Waals surface area contributed by atoms with Gasteiger partial charge in [-0.3, -0.25) is 0 Å². The van der Waals surface area contributed by atoms with Gasteiger partial charge in [-0.15, -0.1) is 0 Å². The monoisotopic (exact) mass is 638 g/mol. The summed E-state index contributed by atoms with van der Waals surface area (Å²) in [7, 11) is 0. The van der Waals surface area contributed by atoms with Crippen molar-refractivity contribution in [3.05, 3.63) is 51.1 Å². The highest BCUT2D eigenvalue weighted by Gasteiger charge is 2.15. The SMILES string of the molecule is Brc1cc(Br)cc(Oc2c(Br)c(Br)cc(Br)c2Br)c1. The molecule has 0 aromatic heterocycles. The number of halogens is 6. The van der Waals surface area contributed by atoms with Gasteiger partial charge in [-0.2, -0.15) is 0 Å². The third-order valence-electron chi connectivity index (χ3n) is 2.13. The van der Waals surface area contributed by atoms with Gasteiger partial charge < -0.3 is 4.74 Å². The van der Waals surface area contributed by atoms with Gasteiger partial charge in [0.2, 0.25) is 0 Å². The first-order valence-electron chi connectivity index (χ1n) is 4.85. The molecule has 0 aliphatic heterocycles. The van der Waals surface area contributed by atoms with E-state index in [1.54, 1.807) is 0 Å². The van der Waals surface area contributed by atoms with Crippen LogP contribution in [-0.2, 0) is 0 Å². The van der Waals surface area contributed by atoms with Gasteiger partial charge in [0.25, 0.3) is 0 Å². The van der Waals surface area contributed by atoms with Crippen LogP contribution in [0.3, 0.4) is 0 Å². The van der Waals surface area contributed by atoms with Gasteiger partial charge in [-0.05, 0) is 88.0 Å². The maximum Gasteiger partial charge on any atom is 0.158 e. The molecule has 0 heterocycles. The molecule has 0 aliphatic rings. The van der Waals surface area contributed by atoms with Crippen LogP contribution in [0.25, 0.3) is 0 Å². The van der Waals surface area contributed by atoms with Gasteiger partial charge in [0.1, 0.15) is 5.75 Å². The second-order valence-electron chi connectivity index (χ2n) is 3.50. The second kappa shape index (κ2) is 6.92. The molecule has 0 saturated carbocycles. The number of hydrogen-bond acceptors (Lipinski definition) is 1. The van der Waals surface area contributed by atoms with E-state index >= 15 is 0 Å². The molecule has 0 amide bonds. The van der Waals surface area contributed by atoms with E-state index in [1.165, 1.54) is 0 Å². The van der Waals surface area contributed by atoms with E-state index < -0.39 is 0 Å². The van der Waals surface area contributed by atoms with Crippen LogP contribution >= 0.6 is 95.6 Å². The Morgan fingerprint density at radius 2 is 1.11 bits per heavy atom. The van der Waals surface area contributed by atoms with Crippen molar-refractivity contribution in [1.82, 2.24) is 0 Å². The fraction of sp³-hybridized carbons (Fsp3) is 0. The predicted octanol–water partition coefficient (Wildman–Crippen LogP) is 8.05. The Labute approximate surface area is 161 Å². The number of rotatable bonds is 2. The highest BCUT2D eigenvalue weighted by atomic mass is 79.9. The molecular weight excluding hydrogens is 640 g/mol. The molecule has 2 aromatic carbocycles. The lowest BCUT2D eigenvalue weighted by Crippen LogP contribution is -1.89. The predicted molar refractivity (Wildman–Crippen MR) is 99.2 cm³/mol. The summed E-state index contributed by atoms with van der Waals surface area (Å²) < 4.78 is 11.3. The Bertz CT molecular complexity index is 594. The maximum absolute atomic E-state index is 5.95. The lowest BCUT2D eigenvalue weighted by atomic mass is 10.3. The molecule has 2 aromatic rings. The summed E-state index contributed by atoms with van der Waals surface area (Å²) >= 11 is 20.9. The molecule has 0 spiro atoms. The summed E-state index contributed by atoms with van der Waals surface area (Å²) in [5.74, 6) is 1.43. The van der Waals surface area contributed by atoms with Crippen molar-refractivity contribution < 1.29 is 4.74 Å². The molecule has 100 valence electrons. The lowest BCUT2D eigenvalue weighted by molar-refractivity contribution is 0.475. The van der Waals surface area contributed by atoms with Gasteiger partial charge >= 0.3 is 0 Å². The Kier molecular flexibility index (Phi) is 6.01. The van der Waals surface area contributed by atoms with Gasteiger partial charge in [0.15, 0.2) is 5.75 Å². The number of hydrogen-bond donors (Lipinski definition) is 0. The summed E-state index contributed by atoms with van der Waals surface area (Å²) in [4.78, 5) is 0. The van der Waals surface area contributed by atoms with Crippen molar-refractivity contribution in [2.75, 3.05) is 0 Å². The zero-order valence-electron chi connectivity index (χ0n) is 8.99. The average molecular weight is 644 g/mol. The van der Waals surface area contributed by atoms with Gasteiger partial charge in [-0.1, -0.05) is 31.9 Å². The Morgan fingerprint density at radius 1 is 0.632 bits per heavy atom. The van der Waals surface area contributed by atoms with E-state index in [4.69, 9.17) is 4.74 Å². The van der Waals surface area contributed by atoms with Gasteiger partial charge in [-0.25, -0.2) is 0 Å². The summed E-state index contributed by atoms with van der Waals surface area (Å²) in [6, 6.07) is 7.70. The van der Waals surface area contributed by atoms with Crippen molar-refractivity contribution in [2.24, 2.45) is 0 Å². The average Bonchev–Trinajstić information content (AvgIpc) is 2.31. The minimum atomic E-state index is 0.700. The molecule has 0 N–H and O–H groups in total. The first kappa shape index (κ1) is 16.5. The van der Waals surface area contributed by atoms with Crippen LogP contribution in [0.4, 0.5) is 0 Å². The van der Waals surface area contributed by atoms with Gasteiger partial charge in [0, 0.05) is 17.9 Å². The smallest absolute Gasteiger partial charge is 0.158 e. The Morgan fingerprint density at radius 3 is 1.58 bits per heavy atom. The van der Waals surface area contributed by atoms with Crippen molar-refractivity contribution in [3.8, 4) is 11.5 Å². The van der Waals surface area contributed by atoms with E-state index in [0.717, 1.165) is 32.6 Å². The Hall–Kier alpha value is 1.12. The summed E-state index contributed by atoms with van der Waals surface area (Å²) in [6.45, 7) is 0. The highest BCUT2D eigenvalue weighted by Crippen LogP contribution is 2.45. The van der Waals surface area contributed by atoms with E-state index in [2.05, 4.69) is 95.6 Å². The first-order valence-corrected chi connectivity index (χ1v) is 9.61. The molecule has 19 heavy (non-hydrogen) atoms. The van der Waals surface area contributed by atoms with Crippen molar-refractivity contribution >= 4 is 95.6 Å². The largest absolute Gasteiger partial charge is 0.455 e. The summed E-state index contributed by atoms with van der Waals surface area (Å²) in [6.07, 6.45) is 0. The fourth-order valence-corrected chi connectivity index (χ4v) is 4.78. The van der Waals surface area contributed by atoms with Crippen LogP contribution in [0.5, 0.6) is 11.5 Å². The molecule has 0 atom stereocenters. The molecule has 2 rings (SSSR count). The van der Waals surface area contributed by atoms with Crippen LogP contribution in [0.1, 0.15) is 0 Å². The van der Waals surface area contributed by atoms with E-state index in [0.29, 0.717) is 5.75 Å². The fourth-order valence-electron chi connectivity index (χ4n) is 1.35. The van der Waals surface area contributed by atoms with Crippen LogP contribution in [0, 0.1) is 0 Å². The van der Waals surface area contributed by atoms with E-state index in [9.17, 15) is 0 Å². The van der Waals surface area contributed by atoms with E-state index in [-0.39, 0.29) is 0 Å². The standard InChI is InChI=1S/C12H4Br6O/c13-5-1-6(14)3-7(2-5)19-12-10(17)8(15)4-9(16)11(12)18/h1-4H. The number of benzene rings is 2. The zero-order chi connectivity index (χ0) is 14.2. The Balaban J connectivity index is 2.49. The molecule has 0 radical (unpaired) electrons. The van der Waals surface area contributed by atoms with Crippen LogP contribution in [0.2, 0.25) is 0 Å². The molecule has 0 unspecified atom stereocenters. The molecule has 0 fully saturated rings. The molecule has 7 heteroatoms. The van der Waals surface area contributed by atoms with Crippen LogP contribution < -0.4 is 4.74 Å². The lowest BCUT2D eigenvalue weighted by Gasteiger charge is -2.13. The third-order valence-corrected chi connectivity index (χ3v) is 6.93. The molecular formula is C12H4Br6O. The first-order chi connectivity index (χ1) is 8.88. The van der Waals surface area contributed by atoms with E-state index in [1.807, 2.05) is 24.3 Å². The highest BCUT2D eigenvalue weighted by molar-refractivity contribution is 9.14. The quantitative estimate of drug-likeness (QED) is 0.301. The van der Waals surface area contributed by atoms with Crippen molar-refractivity contribution in [2.45, 2.75) is 0 Å². The zero-order valence-corrected chi connectivity index (χ0v) is 18.5. The maximum atomic E-state index is 5.95. The minimum absolute atomic E-state index is 0.700. The molecule has 0 saturated heterocycles. The van der Waals surface area contributed by atoms with Crippen LogP contribution in [0.15, 0.2) is 51.1 Å². The normalized spacial score (nSPS) is 10.6. The van der Waals surface area contributed by atoms with Crippen LogP contribution in [-0.4, -0.2) is 0 Å². The molecule has 0 aliphatic carbocycles. The summed E-state index contributed by atoms with van der Waals surface area (Å²) in [5.41, 5.74) is 0. The minimum Gasteiger partial charge on any atom is -0.455 e. The topological polar surface area (TPSA) is 9.23 Å². The summed E-state index contributed by atoms with van der Waals surface area (Å²) in [5, 5.41) is 0. The third kappa shape index (κ3) is 4.07. The second-order valence-corrected chi connectivity index (χ2v) is 8.63. The molecule has 1 nitrogen and oxygen atoms in total. The van der Waals surface area contributed by atoms with Crippen molar-refractivity contribution in [1.29, 1.82) is 0 Å². The van der Waals surface area contributed by atoms with Crippen molar-refractivity contribution in [3.63, 3.8) is 0 Å². The van der Waals surface area contributed by atoms with Gasteiger partial charge in [0.05, 0.1) is 8.95 Å². The molecule has 0 bridgehead atoms. The number of ether oxygens (including phenoxy) is 1.